The zero-order chi connectivity index (χ0) is 12.8. The molecule has 0 aromatic carbocycles. The van der Waals surface area contributed by atoms with Crippen LogP contribution in [0.3, 0.4) is 0 Å². The molecule has 0 aliphatic carbocycles. The fraction of sp³-hybridized carbons (Fsp3) is 0.600. The second-order valence-electron chi connectivity index (χ2n) is 4.39. The van der Waals surface area contributed by atoms with Crippen LogP contribution in [0.15, 0.2) is 12.2 Å². The van der Waals surface area contributed by atoms with Crippen LogP contribution in [0, 0.1) is 0 Å². The van der Waals surface area contributed by atoms with Gasteiger partial charge in [0.25, 0.3) is 0 Å². The van der Waals surface area contributed by atoms with Crippen LogP contribution in [-0.2, 0) is 4.74 Å². The monoisotopic (exact) mass is 245 g/mol. The molecule has 0 unspecified atom stereocenters. The van der Waals surface area contributed by atoms with E-state index in [-0.39, 0.29) is 0 Å². The summed E-state index contributed by atoms with van der Waals surface area (Å²) in [6.07, 6.45) is -0.577. The summed E-state index contributed by atoms with van der Waals surface area (Å²) in [6, 6.07) is 0. The number of ether oxygens (including phenoxy) is 1. The van der Waals surface area contributed by atoms with Crippen molar-refractivity contribution >= 4 is 23.4 Å². The van der Waals surface area contributed by atoms with Crippen LogP contribution >= 0.6 is 12.2 Å². The molecule has 0 atom stereocenters. The van der Waals surface area contributed by atoms with E-state index in [0.717, 1.165) is 5.57 Å². The molecule has 0 aromatic heterocycles. The van der Waals surface area contributed by atoms with E-state index in [0.29, 0.717) is 11.7 Å². The number of hydrogen-bond donors (Lipinski definition) is 3. The lowest BCUT2D eigenvalue weighted by atomic mass is 10.2. The Labute approximate surface area is 102 Å². The minimum absolute atomic E-state index is 0.314. The average Bonchev–Trinajstić information content (AvgIpc) is 2.08. The number of amides is 1. The molecular formula is C10H19N3O2S. The molecule has 0 saturated carbocycles. The van der Waals surface area contributed by atoms with Crippen LogP contribution < -0.4 is 16.2 Å². The van der Waals surface area contributed by atoms with Gasteiger partial charge >= 0.3 is 6.09 Å². The quantitative estimate of drug-likeness (QED) is 0.390. The number of thiocarbonyl (C=S) groups is 1. The van der Waals surface area contributed by atoms with Crippen LogP contribution in [-0.4, -0.2) is 23.4 Å². The topological polar surface area (TPSA) is 62.4 Å². The van der Waals surface area contributed by atoms with Gasteiger partial charge in [0.1, 0.15) is 5.60 Å². The molecule has 0 aliphatic rings. The van der Waals surface area contributed by atoms with Crippen LogP contribution in [0.1, 0.15) is 27.7 Å². The fourth-order valence-corrected chi connectivity index (χ4v) is 0.810. The summed E-state index contributed by atoms with van der Waals surface area (Å²) < 4.78 is 5.00. The first kappa shape index (κ1) is 14.7. The van der Waals surface area contributed by atoms with Crippen LogP contribution in [0.4, 0.5) is 4.79 Å². The summed E-state index contributed by atoms with van der Waals surface area (Å²) in [7, 11) is 0. The van der Waals surface area contributed by atoms with Crippen LogP contribution in [0.25, 0.3) is 0 Å². The second kappa shape index (κ2) is 6.32. The van der Waals surface area contributed by atoms with Gasteiger partial charge in [0, 0.05) is 6.54 Å². The number of hydrogen-bond acceptors (Lipinski definition) is 3. The molecule has 16 heavy (non-hydrogen) atoms. The average molecular weight is 245 g/mol. The van der Waals surface area contributed by atoms with Crippen molar-refractivity contribution in [2.45, 2.75) is 33.3 Å². The number of carbonyl (C=O) groups is 1. The second-order valence-corrected chi connectivity index (χ2v) is 4.80. The number of rotatable bonds is 2. The lowest BCUT2D eigenvalue weighted by Gasteiger charge is -2.20. The van der Waals surface area contributed by atoms with Crippen molar-refractivity contribution in [3.05, 3.63) is 12.2 Å². The molecule has 0 spiro atoms. The Balaban J connectivity index is 3.76. The summed E-state index contributed by atoms with van der Waals surface area (Å²) in [5, 5.41) is 3.16. The van der Waals surface area contributed by atoms with E-state index >= 15 is 0 Å². The Bertz CT molecular complexity index is 284. The van der Waals surface area contributed by atoms with Crippen LogP contribution in [0.5, 0.6) is 0 Å². The highest BCUT2D eigenvalue weighted by molar-refractivity contribution is 7.80. The lowest BCUT2D eigenvalue weighted by Crippen LogP contribution is -2.48. The van der Waals surface area contributed by atoms with Gasteiger partial charge in [0.2, 0.25) is 0 Å². The maximum Gasteiger partial charge on any atom is 0.426 e. The van der Waals surface area contributed by atoms with E-state index in [4.69, 9.17) is 17.0 Å². The molecule has 0 fully saturated rings. The van der Waals surface area contributed by atoms with Gasteiger partial charge in [-0.1, -0.05) is 12.2 Å². The molecule has 0 rings (SSSR count). The third-order valence-electron chi connectivity index (χ3n) is 1.23. The van der Waals surface area contributed by atoms with Crippen molar-refractivity contribution in [1.82, 2.24) is 16.2 Å². The Morgan fingerprint density at radius 3 is 2.38 bits per heavy atom. The zero-order valence-electron chi connectivity index (χ0n) is 10.1. The Morgan fingerprint density at radius 2 is 1.94 bits per heavy atom. The summed E-state index contributed by atoms with van der Waals surface area (Å²) >= 11 is 4.90. The normalized spacial score (nSPS) is 10.2. The van der Waals surface area contributed by atoms with Crippen molar-refractivity contribution < 1.29 is 9.53 Å². The van der Waals surface area contributed by atoms with E-state index in [9.17, 15) is 4.79 Å². The number of hydrazine groups is 1. The lowest BCUT2D eigenvalue weighted by molar-refractivity contribution is 0.0513. The Kier molecular flexibility index (Phi) is 5.81. The molecule has 0 bridgehead atoms. The molecular weight excluding hydrogens is 226 g/mol. The zero-order valence-corrected chi connectivity index (χ0v) is 11.0. The van der Waals surface area contributed by atoms with Crippen molar-refractivity contribution in [2.24, 2.45) is 0 Å². The minimum Gasteiger partial charge on any atom is -0.443 e. The molecule has 0 heterocycles. The van der Waals surface area contributed by atoms with E-state index in [2.05, 4.69) is 22.7 Å². The van der Waals surface area contributed by atoms with E-state index in [1.807, 2.05) is 6.92 Å². The predicted molar refractivity (Wildman–Crippen MR) is 67.9 cm³/mol. The maximum absolute atomic E-state index is 11.2. The fourth-order valence-electron chi connectivity index (χ4n) is 0.687. The summed E-state index contributed by atoms with van der Waals surface area (Å²) in [5.41, 5.74) is 5.25. The van der Waals surface area contributed by atoms with Gasteiger partial charge in [-0.25, -0.2) is 10.2 Å². The van der Waals surface area contributed by atoms with Gasteiger partial charge in [-0.3, -0.25) is 5.43 Å². The van der Waals surface area contributed by atoms with E-state index in [1.54, 1.807) is 20.8 Å². The Morgan fingerprint density at radius 1 is 1.38 bits per heavy atom. The highest BCUT2D eigenvalue weighted by atomic mass is 32.1. The van der Waals surface area contributed by atoms with Crippen LogP contribution in [0.2, 0.25) is 0 Å². The molecule has 0 aliphatic heterocycles. The molecule has 3 N–H and O–H groups in total. The SMILES string of the molecule is C=C(C)CNC(=S)NNC(=O)OC(C)(C)C. The van der Waals surface area contributed by atoms with Gasteiger partial charge in [-0.2, -0.15) is 0 Å². The van der Waals surface area contributed by atoms with Gasteiger partial charge in [0.15, 0.2) is 5.11 Å². The van der Waals surface area contributed by atoms with Crippen molar-refractivity contribution in [1.29, 1.82) is 0 Å². The van der Waals surface area contributed by atoms with Gasteiger partial charge in [-0.05, 0) is 39.9 Å². The molecule has 0 aromatic rings. The van der Waals surface area contributed by atoms with Crippen molar-refractivity contribution in [3.8, 4) is 0 Å². The van der Waals surface area contributed by atoms with Gasteiger partial charge in [0.05, 0.1) is 0 Å². The molecule has 0 saturated heterocycles. The third kappa shape index (κ3) is 9.26. The first-order valence-electron chi connectivity index (χ1n) is 4.88. The highest BCUT2D eigenvalue weighted by Gasteiger charge is 2.15. The summed E-state index contributed by atoms with van der Waals surface area (Å²) in [4.78, 5) is 11.2. The summed E-state index contributed by atoms with van der Waals surface area (Å²) in [5.74, 6) is 0. The van der Waals surface area contributed by atoms with Gasteiger partial charge in [-0.15, -0.1) is 0 Å². The smallest absolute Gasteiger partial charge is 0.426 e. The maximum atomic E-state index is 11.2. The third-order valence-corrected chi connectivity index (χ3v) is 1.47. The molecule has 5 nitrogen and oxygen atoms in total. The standard InChI is InChI=1S/C10H19N3O2S/c1-7(2)6-11-8(16)12-13-9(14)15-10(3,4)5/h1,6H2,2-5H3,(H,13,14)(H2,11,12,16). The first-order chi connectivity index (χ1) is 7.20. The molecule has 1 amide bonds. The molecule has 0 radical (unpaired) electrons. The number of carbonyl (C=O) groups excluding carboxylic acids is 1. The number of nitrogens with one attached hydrogen (secondary N) is 3. The van der Waals surface area contributed by atoms with E-state index in [1.165, 1.54) is 0 Å². The predicted octanol–water partition coefficient (Wildman–Crippen LogP) is 1.47. The minimum atomic E-state index is -0.577. The largest absolute Gasteiger partial charge is 0.443 e. The van der Waals surface area contributed by atoms with Gasteiger partial charge < -0.3 is 10.1 Å². The van der Waals surface area contributed by atoms with Crippen molar-refractivity contribution in [3.63, 3.8) is 0 Å². The van der Waals surface area contributed by atoms with Crippen molar-refractivity contribution in [2.75, 3.05) is 6.54 Å². The first-order valence-corrected chi connectivity index (χ1v) is 5.29. The molecule has 92 valence electrons. The van der Waals surface area contributed by atoms with E-state index < -0.39 is 11.7 Å². The Hall–Kier alpha value is -1.30. The summed E-state index contributed by atoms with van der Waals surface area (Å²) in [6.45, 7) is 11.5. The highest BCUT2D eigenvalue weighted by Crippen LogP contribution is 2.05. The molecule has 6 heteroatoms.